The van der Waals surface area contributed by atoms with Gasteiger partial charge in [-0.1, -0.05) is 30.3 Å². The average molecular weight is 456 g/mol. The van der Waals surface area contributed by atoms with Crippen molar-refractivity contribution in [3.05, 3.63) is 94.5 Å². The minimum atomic E-state index is 0.158. The lowest BCUT2D eigenvalue weighted by atomic mass is 10.0. The molecule has 0 aliphatic rings. The van der Waals surface area contributed by atoms with Crippen LogP contribution in [0.2, 0.25) is 0 Å². The van der Waals surface area contributed by atoms with Gasteiger partial charge in [0.15, 0.2) is 5.75 Å². The van der Waals surface area contributed by atoms with Crippen LogP contribution in [0.4, 0.5) is 17.1 Å². The van der Waals surface area contributed by atoms with Crippen LogP contribution in [0.5, 0.6) is 28.7 Å². The number of aromatic hydroxyl groups is 3. The maximum atomic E-state index is 10.6. The molecule has 0 spiro atoms. The van der Waals surface area contributed by atoms with Crippen LogP contribution < -0.4 is 9.64 Å². The molecule has 5 heteroatoms. The minimum absolute atomic E-state index is 0.158. The molecule has 0 saturated heterocycles. The Hall–Kier alpha value is -4.12. The van der Waals surface area contributed by atoms with Crippen LogP contribution in [-0.4, -0.2) is 15.3 Å². The molecule has 0 bridgehead atoms. The fraction of sp³-hybridized carbons (Fsp3) is 0.172. The third-order valence-electron chi connectivity index (χ3n) is 6.03. The predicted molar refractivity (Wildman–Crippen MR) is 136 cm³/mol. The van der Waals surface area contributed by atoms with Gasteiger partial charge in [0.1, 0.15) is 23.0 Å². The number of anilines is 3. The molecule has 0 unspecified atom stereocenters. The predicted octanol–water partition coefficient (Wildman–Crippen LogP) is 7.61. The Morgan fingerprint density at radius 1 is 0.529 bits per heavy atom. The van der Waals surface area contributed by atoms with Gasteiger partial charge < -0.3 is 25.0 Å². The van der Waals surface area contributed by atoms with E-state index in [1.807, 2.05) is 82.0 Å². The van der Waals surface area contributed by atoms with Crippen molar-refractivity contribution in [2.45, 2.75) is 34.6 Å². The summed E-state index contributed by atoms with van der Waals surface area (Å²) in [6, 6.07) is 20.1. The fourth-order valence-corrected chi connectivity index (χ4v) is 4.04. The standard InChI is InChI=1S/C29H29NO4/c1-17-10-11-22(14-26(17)31)34-29-9-7-6-8-23(29)30(24-15-27(32)20(4)12-18(24)2)25-16-28(33)21(5)13-19(25)3/h6-16,31-33H,1-5H3. The first-order valence-corrected chi connectivity index (χ1v) is 11.1. The molecule has 0 heterocycles. The average Bonchev–Trinajstić information content (AvgIpc) is 2.79. The minimum Gasteiger partial charge on any atom is -0.508 e. The summed E-state index contributed by atoms with van der Waals surface area (Å²) >= 11 is 0. The number of hydrogen-bond donors (Lipinski definition) is 3. The lowest BCUT2D eigenvalue weighted by Crippen LogP contribution is -2.14. The molecule has 4 aromatic carbocycles. The molecule has 4 aromatic rings. The Morgan fingerprint density at radius 3 is 1.62 bits per heavy atom. The molecule has 0 aromatic heterocycles. The molecule has 0 aliphatic carbocycles. The van der Waals surface area contributed by atoms with Gasteiger partial charge in [0.2, 0.25) is 0 Å². The van der Waals surface area contributed by atoms with Gasteiger partial charge in [-0.15, -0.1) is 0 Å². The van der Waals surface area contributed by atoms with Gasteiger partial charge in [0, 0.05) is 18.2 Å². The topological polar surface area (TPSA) is 73.2 Å². The summed E-state index contributed by atoms with van der Waals surface area (Å²) in [5.74, 6) is 1.58. The van der Waals surface area contributed by atoms with E-state index in [1.165, 1.54) is 0 Å². The van der Waals surface area contributed by atoms with Crippen LogP contribution in [-0.2, 0) is 0 Å². The molecule has 4 rings (SSSR count). The Morgan fingerprint density at radius 2 is 1.06 bits per heavy atom. The van der Waals surface area contributed by atoms with E-state index in [0.29, 0.717) is 11.5 Å². The maximum absolute atomic E-state index is 10.6. The lowest BCUT2D eigenvalue weighted by molar-refractivity contribution is 0.452. The first-order valence-electron chi connectivity index (χ1n) is 11.1. The van der Waals surface area contributed by atoms with Gasteiger partial charge >= 0.3 is 0 Å². The van der Waals surface area contributed by atoms with Gasteiger partial charge in [-0.25, -0.2) is 0 Å². The number of para-hydroxylation sites is 2. The molecule has 0 radical (unpaired) electrons. The van der Waals surface area contributed by atoms with Crippen molar-refractivity contribution in [2.24, 2.45) is 0 Å². The second-order valence-electron chi connectivity index (χ2n) is 8.70. The van der Waals surface area contributed by atoms with E-state index < -0.39 is 0 Å². The smallest absolute Gasteiger partial charge is 0.151 e. The van der Waals surface area contributed by atoms with Crippen molar-refractivity contribution in [2.75, 3.05) is 4.90 Å². The molecular weight excluding hydrogens is 426 g/mol. The number of hydrogen-bond acceptors (Lipinski definition) is 5. The molecule has 34 heavy (non-hydrogen) atoms. The van der Waals surface area contributed by atoms with Crippen molar-refractivity contribution in [3.8, 4) is 28.7 Å². The maximum Gasteiger partial charge on any atom is 0.151 e. The normalized spacial score (nSPS) is 10.9. The molecule has 5 nitrogen and oxygen atoms in total. The van der Waals surface area contributed by atoms with Gasteiger partial charge in [-0.05, 0) is 80.6 Å². The quantitative estimate of drug-likeness (QED) is 0.289. The van der Waals surface area contributed by atoms with Gasteiger partial charge in [-0.2, -0.15) is 0 Å². The number of phenols is 3. The first-order chi connectivity index (χ1) is 16.2. The summed E-state index contributed by atoms with van der Waals surface area (Å²) in [6.45, 7) is 9.52. The van der Waals surface area contributed by atoms with E-state index in [4.69, 9.17) is 4.74 Å². The second-order valence-corrected chi connectivity index (χ2v) is 8.70. The van der Waals surface area contributed by atoms with Crippen LogP contribution in [0.1, 0.15) is 27.8 Å². The second kappa shape index (κ2) is 9.02. The fourth-order valence-electron chi connectivity index (χ4n) is 4.04. The Kier molecular flexibility index (Phi) is 6.12. The van der Waals surface area contributed by atoms with Crippen LogP contribution in [0, 0.1) is 34.6 Å². The van der Waals surface area contributed by atoms with Crippen molar-refractivity contribution >= 4 is 17.1 Å². The van der Waals surface area contributed by atoms with E-state index >= 15 is 0 Å². The van der Waals surface area contributed by atoms with Crippen molar-refractivity contribution in [3.63, 3.8) is 0 Å². The number of benzene rings is 4. The van der Waals surface area contributed by atoms with Crippen LogP contribution in [0.25, 0.3) is 0 Å². The number of rotatable bonds is 5. The monoisotopic (exact) mass is 455 g/mol. The first kappa shape index (κ1) is 23.1. The van der Waals surface area contributed by atoms with Crippen LogP contribution in [0.3, 0.4) is 0 Å². The Labute approximate surface area is 200 Å². The van der Waals surface area contributed by atoms with Crippen LogP contribution >= 0.6 is 0 Å². The van der Waals surface area contributed by atoms with E-state index in [1.54, 1.807) is 24.3 Å². The highest BCUT2D eigenvalue weighted by Crippen LogP contribution is 2.46. The third kappa shape index (κ3) is 4.37. The number of nitrogens with zero attached hydrogens (tertiary/aromatic N) is 1. The molecule has 0 aliphatic heterocycles. The molecular formula is C29H29NO4. The summed E-state index contributed by atoms with van der Waals surface area (Å²) in [6.07, 6.45) is 0. The summed E-state index contributed by atoms with van der Waals surface area (Å²) in [7, 11) is 0. The number of phenolic OH excluding ortho intramolecular Hbond substituents is 3. The largest absolute Gasteiger partial charge is 0.508 e. The highest BCUT2D eigenvalue weighted by atomic mass is 16.5. The molecule has 0 amide bonds. The van der Waals surface area contributed by atoms with Gasteiger partial charge in [-0.3, -0.25) is 0 Å². The van der Waals surface area contributed by atoms with Crippen LogP contribution in [0.15, 0.2) is 66.7 Å². The summed E-state index contributed by atoms with van der Waals surface area (Å²) in [5, 5.41) is 31.3. The highest BCUT2D eigenvalue weighted by Gasteiger charge is 2.22. The Balaban J connectivity index is 1.95. The van der Waals surface area contributed by atoms with Crippen molar-refractivity contribution < 1.29 is 20.1 Å². The van der Waals surface area contributed by atoms with Crippen molar-refractivity contribution in [1.29, 1.82) is 0 Å². The van der Waals surface area contributed by atoms with E-state index in [2.05, 4.69) is 0 Å². The van der Waals surface area contributed by atoms with Gasteiger partial charge in [0.25, 0.3) is 0 Å². The lowest BCUT2D eigenvalue weighted by Gasteiger charge is -2.30. The molecule has 0 saturated carbocycles. The van der Waals surface area contributed by atoms with E-state index in [9.17, 15) is 15.3 Å². The molecule has 0 fully saturated rings. The van der Waals surface area contributed by atoms with E-state index in [0.717, 1.165) is 44.9 Å². The zero-order valence-electron chi connectivity index (χ0n) is 20.0. The SMILES string of the molecule is Cc1ccc(Oc2ccccc2N(c2cc(O)c(C)cc2C)c2cc(O)c(C)cc2C)cc1O. The Bertz CT molecular complexity index is 1320. The summed E-state index contributed by atoms with van der Waals surface area (Å²) in [4.78, 5) is 1.98. The summed E-state index contributed by atoms with van der Waals surface area (Å²) in [5.41, 5.74) is 6.48. The highest BCUT2D eigenvalue weighted by molar-refractivity contribution is 5.84. The third-order valence-corrected chi connectivity index (χ3v) is 6.03. The zero-order chi connectivity index (χ0) is 24.6. The van der Waals surface area contributed by atoms with Gasteiger partial charge in [0.05, 0.1) is 17.1 Å². The molecule has 3 N–H and O–H groups in total. The van der Waals surface area contributed by atoms with Crippen molar-refractivity contribution in [1.82, 2.24) is 0 Å². The summed E-state index contributed by atoms with van der Waals surface area (Å²) < 4.78 is 6.23. The number of aryl methyl sites for hydroxylation is 5. The zero-order valence-corrected chi connectivity index (χ0v) is 20.0. The molecule has 174 valence electrons. The van der Waals surface area contributed by atoms with E-state index in [-0.39, 0.29) is 17.2 Å². The number of ether oxygens (including phenoxy) is 1. The molecule has 0 atom stereocenters.